The van der Waals surface area contributed by atoms with Crippen molar-refractivity contribution < 1.29 is 9.59 Å². The molecule has 5 rings (SSSR count). The number of hydrogen-bond acceptors (Lipinski definition) is 4. The zero-order chi connectivity index (χ0) is 26.3. The van der Waals surface area contributed by atoms with E-state index in [-0.39, 0.29) is 22.2 Å². The molecule has 0 unspecified atom stereocenters. The van der Waals surface area contributed by atoms with Gasteiger partial charge in [-0.1, -0.05) is 97.1 Å². The lowest BCUT2D eigenvalue weighted by Crippen LogP contribution is -2.44. The lowest BCUT2D eigenvalue weighted by atomic mass is 9.97. The minimum atomic E-state index is -0.603. The maximum absolute atomic E-state index is 13.9. The van der Waals surface area contributed by atoms with Gasteiger partial charge in [-0.25, -0.2) is 4.68 Å². The molecule has 0 bridgehead atoms. The number of nitrogens with one attached hydrogen (secondary N) is 3. The van der Waals surface area contributed by atoms with E-state index < -0.39 is 5.91 Å². The third-order valence-corrected chi connectivity index (χ3v) is 5.94. The fourth-order valence-electron chi connectivity index (χ4n) is 4.00. The zero-order valence-corrected chi connectivity index (χ0v) is 21.0. The van der Waals surface area contributed by atoms with Gasteiger partial charge in [0.25, 0.3) is 5.91 Å². The Labute approximate surface area is 225 Å². The van der Waals surface area contributed by atoms with Crippen molar-refractivity contribution in [2.75, 3.05) is 5.32 Å². The predicted molar refractivity (Wildman–Crippen MR) is 152 cm³/mol. The molecule has 4 aromatic carbocycles. The van der Waals surface area contributed by atoms with Crippen molar-refractivity contribution in [2.45, 2.75) is 0 Å². The van der Waals surface area contributed by atoms with Crippen molar-refractivity contribution >= 4 is 34.7 Å². The Morgan fingerprint density at radius 2 is 1.24 bits per heavy atom. The van der Waals surface area contributed by atoms with E-state index in [0.717, 1.165) is 11.3 Å². The predicted octanol–water partition coefficient (Wildman–Crippen LogP) is 5.40. The van der Waals surface area contributed by atoms with Crippen LogP contribution < -0.4 is 16.2 Å². The Balaban J connectivity index is 1.57. The van der Waals surface area contributed by atoms with Gasteiger partial charge >= 0.3 is 0 Å². The molecule has 0 saturated carbocycles. The lowest BCUT2D eigenvalue weighted by molar-refractivity contribution is 0.0929. The lowest BCUT2D eigenvalue weighted by Gasteiger charge is -2.11. The van der Waals surface area contributed by atoms with Crippen molar-refractivity contribution in [3.63, 3.8) is 0 Å². The van der Waals surface area contributed by atoms with Crippen LogP contribution in [0.5, 0.6) is 0 Å². The minimum Gasteiger partial charge on any atom is -0.331 e. The number of anilines is 1. The van der Waals surface area contributed by atoms with Gasteiger partial charge in [0.05, 0.1) is 16.9 Å². The van der Waals surface area contributed by atoms with Crippen LogP contribution in [0.1, 0.15) is 26.4 Å². The second kappa shape index (κ2) is 11.3. The van der Waals surface area contributed by atoms with Crippen LogP contribution in [0.2, 0.25) is 0 Å². The monoisotopic (exact) mass is 517 g/mol. The smallest absolute Gasteiger partial charge is 0.290 e. The summed E-state index contributed by atoms with van der Waals surface area (Å²) in [7, 11) is 0. The highest BCUT2D eigenvalue weighted by atomic mass is 32.1. The summed E-state index contributed by atoms with van der Waals surface area (Å²) >= 11 is 5.32. The molecule has 0 fully saturated rings. The quantitative estimate of drug-likeness (QED) is 0.159. The van der Waals surface area contributed by atoms with E-state index in [2.05, 4.69) is 21.3 Å². The molecule has 5 aromatic rings. The van der Waals surface area contributed by atoms with Gasteiger partial charge in [0.2, 0.25) is 0 Å². The average Bonchev–Trinajstić information content (AvgIpc) is 3.38. The van der Waals surface area contributed by atoms with Crippen LogP contribution in [-0.2, 0) is 0 Å². The highest BCUT2D eigenvalue weighted by Gasteiger charge is 2.30. The van der Waals surface area contributed by atoms with Crippen LogP contribution in [0.4, 0.5) is 5.69 Å². The van der Waals surface area contributed by atoms with E-state index in [1.165, 1.54) is 0 Å². The maximum Gasteiger partial charge on any atom is 0.290 e. The third kappa shape index (κ3) is 5.35. The molecular formula is C30H23N5O2S. The molecule has 7 nitrogen and oxygen atoms in total. The van der Waals surface area contributed by atoms with E-state index in [0.29, 0.717) is 16.9 Å². The number of carbonyl (C=O) groups excluding carboxylic acids is 2. The number of aromatic nitrogens is 2. The number of benzene rings is 4. The number of carbonyl (C=O) groups is 2. The number of nitrogens with zero attached hydrogens (tertiary/aromatic N) is 2. The average molecular weight is 518 g/mol. The van der Waals surface area contributed by atoms with Gasteiger partial charge < -0.3 is 5.32 Å². The van der Waals surface area contributed by atoms with Crippen molar-refractivity contribution in [1.29, 1.82) is 0 Å². The number of amides is 1. The third-order valence-electron chi connectivity index (χ3n) is 5.73. The van der Waals surface area contributed by atoms with Gasteiger partial charge in [-0.05, 0) is 36.5 Å². The van der Waals surface area contributed by atoms with Crippen molar-refractivity contribution in [2.24, 2.45) is 0 Å². The summed E-state index contributed by atoms with van der Waals surface area (Å²) < 4.78 is 1.63. The first-order valence-corrected chi connectivity index (χ1v) is 12.3. The van der Waals surface area contributed by atoms with Gasteiger partial charge in [0.15, 0.2) is 16.6 Å². The number of thiocarbonyl (C=S) groups is 1. The standard InChI is InChI=1S/C30H23N5O2S/c36-28(22-15-7-2-8-16-22)25-26(29(37)32-33-30(38)31-23-17-9-3-10-18-23)34-35(24-19-11-4-12-20-24)27(25)21-13-5-1-6-14-21/h1-20H,(H,32,37)(H2,31,33,38). The molecule has 0 atom stereocenters. The van der Waals surface area contributed by atoms with Crippen molar-refractivity contribution in [3.05, 3.63) is 138 Å². The van der Waals surface area contributed by atoms with Gasteiger partial charge in [0.1, 0.15) is 0 Å². The fraction of sp³-hybridized carbons (Fsp3) is 0. The van der Waals surface area contributed by atoms with Gasteiger partial charge in [-0.3, -0.25) is 20.4 Å². The van der Waals surface area contributed by atoms with E-state index in [1.807, 2.05) is 97.1 Å². The summed E-state index contributed by atoms with van der Waals surface area (Å²) in [5.74, 6) is -0.921. The Bertz CT molecular complexity index is 1570. The molecule has 3 N–H and O–H groups in total. The van der Waals surface area contributed by atoms with Crippen molar-refractivity contribution in [3.8, 4) is 16.9 Å². The Morgan fingerprint density at radius 1 is 0.684 bits per heavy atom. The molecule has 0 aliphatic carbocycles. The van der Waals surface area contributed by atoms with E-state index >= 15 is 0 Å². The van der Waals surface area contributed by atoms with E-state index in [4.69, 9.17) is 12.2 Å². The number of ketones is 1. The van der Waals surface area contributed by atoms with E-state index in [9.17, 15) is 9.59 Å². The van der Waals surface area contributed by atoms with Gasteiger partial charge in [-0.2, -0.15) is 5.10 Å². The number of hydrazine groups is 1. The summed E-state index contributed by atoms with van der Waals surface area (Å²) in [6, 6.07) is 37.0. The SMILES string of the molecule is O=C(NNC(=S)Nc1ccccc1)c1nn(-c2ccccc2)c(-c2ccccc2)c1C(=O)c1ccccc1. The summed E-state index contributed by atoms with van der Waals surface area (Å²) in [4.78, 5) is 27.4. The Hall–Kier alpha value is -5.08. The second-order valence-electron chi connectivity index (χ2n) is 8.28. The molecule has 1 aromatic heterocycles. The van der Waals surface area contributed by atoms with E-state index in [1.54, 1.807) is 28.9 Å². The largest absolute Gasteiger partial charge is 0.331 e. The van der Waals surface area contributed by atoms with Gasteiger partial charge in [0, 0.05) is 16.8 Å². The van der Waals surface area contributed by atoms with Gasteiger partial charge in [-0.15, -0.1) is 0 Å². The maximum atomic E-state index is 13.9. The number of hydrogen-bond donors (Lipinski definition) is 3. The molecule has 186 valence electrons. The molecular weight excluding hydrogens is 494 g/mol. The first kappa shape index (κ1) is 24.6. The molecule has 38 heavy (non-hydrogen) atoms. The van der Waals surface area contributed by atoms with Crippen LogP contribution in [0.3, 0.4) is 0 Å². The summed E-state index contributed by atoms with van der Waals surface area (Å²) in [5.41, 5.74) is 8.63. The Morgan fingerprint density at radius 3 is 1.87 bits per heavy atom. The van der Waals surface area contributed by atoms with Crippen LogP contribution in [0, 0.1) is 0 Å². The summed E-state index contributed by atoms with van der Waals surface area (Å²) in [5, 5.41) is 7.82. The molecule has 0 spiro atoms. The highest BCUT2D eigenvalue weighted by Crippen LogP contribution is 2.31. The fourth-order valence-corrected chi connectivity index (χ4v) is 4.17. The molecule has 8 heteroatoms. The zero-order valence-electron chi connectivity index (χ0n) is 20.2. The first-order valence-electron chi connectivity index (χ1n) is 11.9. The minimum absolute atomic E-state index is 0.0310. The molecule has 0 saturated heterocycles. The van der Waals surface area contributed by atoms with Crippen LogP contribution >= 0.6 is 12.2 Å². The topological polar surface area (TPSA) is 88.1 Å². The second-order valence-corrected chi connectivity index (χ2v) is 8.69. The summed E-state index contributed by atoms with van der Waals surface area (Å²) in [6.45, 7) is 0. The Kier molecular flexibility index (Phi) is 7.33. The molecule has 1 amide bonds. The highest BCUT2D eigenvalue weighted by molar-refractivity contribution is 7.80. The normalized spacial score (nSPS) is 10.4. The van der Waals surface area contributed by atoms with Crippen molar-refractivity contribution in [1.82, 2.24) is 20.6 Å². The summed E-state index contributed by atoms with van der Waals surface area (Å²) in [6.07, 6.45) is 0. The van der Waals surface area contributed by atoms with Crippen LogP contribution in [-0.4, -0.2) is 26.6 Å². The number of para-hydroxylation sites is 2. The van der Waals surface area contributed by atoms with Crippen LogP contribution in [0.25, 0.3) is 16.9 Å². The number of rotatable bonds is 6. The molecule has 1 heterocycles. The first-order chi connectivity index (χ1) is 18.6. The molecule has 0 aliphatic rings. The molecule has 0 aliphatic heterocycles. The molecule has 0 radical (unpaired) electrons. The van der Waals surface area contributed by atoms with Crippen LogP contribution in [0.15, 0.2) is 121 Å².